The van der Waals surface area contributed by atoms with Crippen LogP contribution in [0.1, 0.15) is 6.42 Å². The van der Waals surface area contributed by atoms with E-state index in [0.717, 1.165) is 7.11 Å². The van der Waals surface area contributed by atoms with Crippen LogP contribution in [0.5, 0.6) is 0 Å². The van der Waals surface area contributed by atoms with E-state index in [9.17, 15) is 16.8 Å². The Kier molecular flexibility index (Phi) is 2.95. The maximum atomic E-state index is 10.9. The highest BCUT2D eigenvalue weighted by Crippen LogP contribution is 2.16. The summed E-state index contributed by atoms with van der Waals surface area (Å²) in [4.78, 5) is 0. The van der Waals surface area contributed by atoms with Gasteiger partial charge in [-0.2, -0.15) is 8.42 Å². The first-order chi connectivity index (χ1) is 5.85. The highest BCUT2D eigenvalue weighted by molar-refractivity contribution is 7.91. The molecule has 1 heterocycles. The average molecular weight is 230 g/mol. The summed E-state index contributed by atoms with van der Waals surface area (Å²) in [6.07, 6.45) is -0.597. The zero-order valence-corrected chi connectivity index (χ0v) is 8.60. The molecule has 78 valence electrons. The molecule has 6 nitrogen and oxygen atoms in total. The molecule has 1 unspecified atom stereocenters. The zero-order chi connectivity index (χ0) is 10.1. The maximum absolute atomic E-state index is 10.9. The molecule has 0 saturated carbocycles. The molecule has 0 radical (unpaired) electrons. The van der Waals surface area contributed by atoms with Crippen LogP contribution in [-0.2, 0) is 28.6 Å². The lowest BCUT2D eigenvalue weighted by Gasteiger charge is -2.06. The Morgan fingerprint density at radius 1 is 1.38 bits per heavy atom. The van der Waals surface area contributed by atoms with Crippen molar-refractivity contribution in [2.45, 2.75) is 12.5 Å². The molecule has 1 fully saturated rings. The number of sulfone groups is 1. The van der Waals surface area contributed by atoms with Crippen molar-refractivity contribution in [2.24, 2.45) is 0 Å². The number of hydrogen-bond donors (Lipinski definition) is 0. The van der Waals surface area contributed by atoms with E-state index in [1.54, 1.807) is 0 Å². The molecule has 1 saturated heterocycles. The molecule has 0 bridgehead atoms. The summed E-state index contributed by atoms with van der Waals surface area (Å²) in [5.74, 6) is -0.285. The minimum absolute atomic E-state index is 0.0309. The smallest absolute Gasteiger partial charge is 0.252 e. The van der Waals surface area contributed by atoms with Crippen molar-refractivity contribution in [2.75, 3.05) is 18.6 Å². The predicted octanol–water partition coefficient (Wildman–Crippen LogP) is -0.919. The van der Waals surface area contributed by atoms with Gasteiger partial charge in [0.05, 0.1) is 24.7 Å². The second-order valence-electron chi connectivity index (χ2n) is 2.70. The summed E-state index contributed by atoms with van der Waals surface area (Å²) in [7, 11) is -6.18. The number of hydrogen-bond acceptors (Lipinski definition) is 6. The van der Waals surface area contributed by atoms with Gasteiger partial charge in [-0.05, 0) is 6.42 Å². The predicted molar refractivity (Wildman–Crippen MR) is 44.1 cm³/mol. The van der Waals surface area contributed by atoms with Gasteiger partial charge in [0, 0.05) is 0 Å². The van der Waals surface area contributed by atoms with E-state index >= 15 is 0 Å². The van der Waals surface area contributed by atoms with Crippen molar-refractivity contribution in [1.29, 1.82) is 0 Å². The van der Waals surface area contributed by atoms with Gasteiger partial charge in [-0.3, -0.25) is 4.18 Å². The van der Waals surface area contributed by atoms with Crippen molar-refractivity contribution >= 4 is 20.2 Å². The van der Waals surface area contributed by atoms with Crippen molar-refractivity contribution < 1.29 is 25.2 Å². The van der Waals surface area contributed by atoms with Crippen LogP contribution in [0.25, 0.3) is 0 Å². The fraction of sp³-hybridized carbons (Fsp3) is 1.00. The average Bonchev–Trinajstić information content (AvgIpc) is 2.29. The van der Waals surface area contributed by atoms with E-state index in [2.05, 4.69) is 8.37 Å². The van der Waals surface area contributed by atoms with Crippen molar-refractivity contribution in [3.05, 3.63) is 0 Å². The third kappa shape index (κ3) is 3.22. The monoisotopic (exact) mass is 230 g/mol. The van der Waals surface area contributed by atoms with Crippen LogP contribution >= 0.6 is 0 Å². The van der Waals surface area contributed by atoms with Gasteiger partial charge in [-0.1, -0.05) is 0 Å². The zero-order valence-electron chi connectivity index (χ0n) is 6.96. The molecule has 0 N–H and O–H groups in total. The van der Waals surface area contributed by atoms with Crippen LogP contribution in [0.15, 0.2) is 0 Å². The van der Waals surface area contributed by atoms with Gasteiger partial charge in [0.25, 0.3) is 0 Å². The lowest BCUT2D eigenvalue weighted by Crippen LogP contribution is -2.20. The van der Waals surface area contributed by atoms with Crippen LogP contribution in [-0.4, -0.2) is 41.6 Å². The van der Waals surface area contributed by atoms with Crippen molar-refractivity contribution in [3.63, 3.8) is 0 Å². The van der Waals surface area contributed by atoms with E-state index < -0.39 is 26.3 Å². The Bertz CT molecular complexity index is 366. The Morgan fingerprint density at radius 3 is 2.38 bits per heavy atom. The summed E-state index contributed by atoms with van der Waals surface area (Å²) in [5.41, 5.74) is 0. The third-order valence-electron chi connectivity index (χ3n) is 1.65. The summed E-state index contributed by atoms with van der Waals surface area (Å²) in [5, 5.41) is 0. The summed E-state index contributed by atoms with van der Waals surface area (Å²) in [6.45, 7) is 0. The second-order valence-corrected chi connectivity index (χ2v) is 6.27. The molecule has 1 aliphatic heterocycles. The van der Waals surface area contributed by atoms with Gasteiger partial charge in [-0.25, -0.2) is 12.6 Å². The first-order valence-electron chi connectivity index (χ1n) is 3.54. The summed E-state index contributed by atoms with van der Waals surface area (Å²) in [6, 6.07) is 0. The van der Waals surface area contributed by atoms with Crippen LogP contribution in [0, 0.1) is 0 Å². The topological polar surface area (TPSA) is 86.7 Å². The summed E-state index contributed by atoms with van der Waals surface area (Å²) < 4.78 is 51.7. The Morgan fingerprint density at radius 2 is 2.00 bits per heavy atom. The number of rotatable bonds is 3. The molecular formula is C5H10O6S2. The van der Waals surface area contributed by atoms with Gasteiger partial charge in [0.15, 0.2) is 9.84 Å². The minimum atomic E-state index is -4.02. The summed E-state index contributed by atoms with van der Waals surface area (Å²) >= 11 is 0. The van der Waals surface area contributed by atoms with E-state index in [1.165, 1.54) is 0 Å². The largest absolute Gasteiger partial charge is 0.399 e. The van der Waals surface area contributed by atoms with Gasteiger partial charge >= 0.3 is 10.4 Å². The molecule has 1 rings (SSSR count). The molecule has 1 atom stereocenters. The van der Waals surface area contributed by atoms with E-state index in [1.807, 2.05) is 0 Å². The van der Waals surface area contributed by atoms with E-state index in [0.29, 0.717) is 0 Å². The molecular weight excluding hydrogens is 220 g/mol. The Hall–Kier alpha value is -0.180. The molecule has 0 spiro atoms. The molecule has 0 amide bonds. The van der Waals surface area contributed by atoms with Gasteiger partial charge in [-0.15, -0.1) is 0 Å². The van der Waals surface area contributed by atoms with Crippen LogP contribution in [0.4, 0.5) is 0 Å². The van der Waals surface area contributed by atoms with E-state index in [4.69, 9.17) is 0 Å². The first-order valence-corrected chi connectivity index (χ1v) is 6.69. The lowest BCUT2D eigenvalue weighted by atomic mass is 10.3. The maximum Gasteiger partial charge on any atom is 0.399 e. The SMILES string of the molecule is COS(=O)(=O)OC1CCS(=O)(=O)C1. The van der Waals surface area contributed by atoms with Gasteiger partial charge in [0.1, 0.15) is 0 Å². The van der Waals surface area contributed by atoms with Crippen LogP contribution in [0.2, 0.25) is 0 Å². The Balaban J connectivity index is 2.60. The van der Waals surface area contributed by atoms with Gasteiger partial charge < -0.3 is 0 Å². The highest BCUT2D eigenvalue weighted by atomic mass is 32.3. The highest BCUT2D eigenvalue weighted by Gasteiger charge is 2.32. The lowest BCUT2D eigenvalue weighted by molar-refractivity contribution is 0.188. The fourth-order valence-corrected chi connectivity index (χ4v) is 3.29. The minimum Gasteiger partial charge on any atom is -0.252 e. The van der Waals surface area contributed by atoms with Crippen LogP contribution < -0.4 is 0 Å². The first kappa shape index (κ1) is 10.9. The Labute approximate surface area is 77.1 Å². The molecule has 1 aliphatic rings. The molecule has 13 heavy (non-hydrogen) atoms. The molecule has 0 aromatic heterocycles. The van der Waals surface area contributed by atoms with Gasteiger partial charge in [0.2, 0.25) is 0 Å². The molecule has 8 heteroatoms. The third-order valence-corrected chi connectivity index (χ3v) is 4.30. The molecule has 0 aromatic carbocycles. The molecule has 0 aromatic rings. The standard InChI is InChI=1S/C5H10O6S2/c1-10-13(8,9)11-5-2-3-12(6,7)4-5/h5H,2-4H2,1H3. The van der Waals surface area contributed by atoms with Crippen LogP contribution in [0.3, 0.4) is 0 Å². The fourth-order valence-electron chi connectivity index (χ4n) is 1.04. The second kappa shape index (κ2) is 3.52. The van der Waals surface area contributed by atoms with Crippen molar-refractivity contribution in [1.82, 2.24) is 0 Å². The normalized spacial score (nSPS) is 27.6. The molecule has 0 aliphatic carbocycles. The quantitative estimate of drug-likeness (QED) is 0.623. The van der Waals surface area contributed by atoms with E-state index in [-0.39, 0.29) is 17.9 Å². The van der Waals surface area contributed by atoms with Crippen molar-refractivity contribution in [3.8, 4) is 0 Å².